The Hall–Kier alpha value is -1.66. The molecule has 2 rings (SSSR count). The second kappa shape index (κ2) is 18.8. The molecule has 1 atom stereocenters. The van der Waals surface area contributed by atoms with Crippen LogP contribution in [-0.4, -0.2) is 48.6 Å². The maximum absolute atomic E-state index is 12.8. The van der Waals surface area contributed by atoms with Crippen LogP contribution < -0.4 is 0 Å². The number of aliphatic hydroxyl groups excluding tert-OH is 2. The summed E-state index contributed by atoms with van der Waals surface area (Å²) in [5.74, 6) is 1.45. The topological polar surface area (TPSA) is 93.1 Å². The zero-order valence-electron chi connectivity index (χ0n) is 26.5. The number of hydrogen-bond donors (Lipinski definition) is 2. The first-order valence-corrected chi connectivity index (χ1v) is 16.6. The van der Waals surface area contributed by atoms with Gasteiger partial charge in [0.2, 0.25) is 0 Å². The lowest BCUT2D eigenvalue weighted by Crippen LogP contribution is -2.43. The molecule has 6 nitrogen and oxygen atoms in total. The van der Waals surface area contributed by atoms with Crippen molar-refractivity contribution in [3.8, 4) is 0 Å². The fraction of sp³-hybridized carbons (Fsp3) is 0.829. The van der Waals surface area contributed by atoms with E-state index in [-0.39, 0.29) is 38.4 Å². The zero-order valence-corrected chi connectivity index (χ0v) is 26.5. The minimum Gasteiger partial charge on any atom is -0.462 e. The van der Waals surface area contributed by atoms with Gasteiger partial charge in [-0.2, -0.15) is 0 Å². The smallest absolute Gasteiger partial charge is 0.333 e. The summed E-state index contributed by atoms with van der Waals surface area (Å²) in [5.41, 5.74) is 0.136. The van der Waals surface area contributed by atoms with E-state index in [1.807, 2.05) is 0 Å². The molecule has 0 bridgehead atoms. The molecule has 0 aromatic heterocycles. The van der Waals surface area contributed by atoms with E-state index in [1.165, 1.54) is 77.0 Å². The van der Waals surface area contributed by atoms with Crippen LogP contribution >= 0.6 is 0 Å². The van der Waals surface area contributed by atoms with Gasteiger partial charge in [-0.25, -0.2) is 9.59 Å². The molecule has 0 radical (unpaired) electrons. The van der Waals surface area contributed by atoms with Crippen LogP contribution in [0.4, 0.5) is 0 Å². The highest BCUT2D eigenvalue weighted by Crippen LogP contribution is 2.48. The Morgan fingerprint density at radius 2 is 1.34 bits per heavy atom. The molecule has 6 heteroatoms. The summed E-state index contributed by atoms with van der Waals surface area (Å²) in [4.78, 5) is 25.1. The lowest BCUT2D eigenvalue weighted by atomic mass is 9.62. The van der Waals surface area contributed by atoms with Gasteiger partial charge in [-0.05, 0) is 82.0 Å². The molecule has 0 aliphatic heterocycles. The van der Waals surface area contributed by atoms with Gasteiger partial charge in [0.15, 0.2) is 0 Å². The van der Waals surface area contributed by atoms with Crippen LogP contribution in [0.15, 0.2) is 24.3 Å². The fourth-order valence-electron chi connectivity index (χ4n) is 7.22. The van der Waals surface area contributed by atoms with Gasteiger partial charge < -0.3 is 19.7 Å². The van der Waals surface area contributed by atoms with Crippen LogP contribution in [0.25, 0.3) is 0 Å². The molecule has 2 N–H and O–H groups in total. The van der Waals surface area contributed by atoms with E-state index in [4.69, 9.17) is 9.47 Å². The van der Waals surface area contributed by atoms with E-state index < -0.39 is 23.3 Å². The van der Waals surface area contributed by atoms with Crippen LogP contribution in [-0.2, 0) is 19.1 Å². The van der Waals surface area contributed by atoms with Gasteiger partial charge in [-0.1, -0.05) is 78.4 Å². The Kier molecular flexibility index (Phi) is 16.3. The summed E-state index contributed by atoms with van der Waals surface area (Å²) in [6, 6.07) is 0. The van der Waals surface area contributed by atoms with Crippen molar-refractivity contribution in [2.24, 2.45) is 35.0 Å². The van der Waals surface area contributed by atoms with E-state index in [0.717, 1.165) is 37.0 Å². The second-order valence-corrected chi connectivity index (χ2v) is 13.3. The molecule has 0 saturated heterocycles. The largest absolute Gasteiger partial charge is 0.462 e. The number of carbonyl (C=O) groups is 2. The van der Waals surface area contributed by atoms with Crippen molar-refractivity contribution in [1.29, 1.82) is 0 Å². The van der Waals surface area contributed by atoms with Crippen LogP contribution in [0.2, 0.25) is 0 Å². The first-order chi connectivity index (χ1) is 19.7. The molecule has 2 fully saturated rings. The van der Waals surface area contributed by atoms with Gasteiger partial charge in [0, 0.05) is 35.7 Å². The Morgan fingerprint density at radius 1 is 0.805 bits per heavy atom. The molecule has 0 amide bonds. The van der Waals surface area contributed by atoms with Crippen molar-refractivity contribution in [2.75, 3.05) is 26.4 Å². The monoisotopic (exact) mass is 576 g/mol. The maximum Gasteiger partial charge on any atom is 0.333 e. The number of aliphatic hydroxyl groups is 2. The highest BCUT2D eigenvalue weighted by molar-refractivity contribution is 5.88. The zero-order chi connectivity index (χ0) is 30.3. The lowest BCUT2D eigenvalue weighted by molar-refractivity contribution is -0.154. The third kappa shape index (κ3) is 11.5. The summed E-state index contributed by atoms with van der Waals surface area (Å²) in [7, 11) is 0. The quantitative estimate of drug-likeness (QED) is 0.0936. The Labute approximate surface area is 250 Å². The second-order valence-electron chi connectivity index (χ2n) is 13.3. The third-order valence-corrected chi connectivity index (χ3v) is 10.3. The summed E-state index contributed by atoms with van der Waals surface area (Å²) < 4.78 is 11.5. The van der Waals surface area contributed by atoms with Gasteiger partial charge in [-0.15, -0.1) is 0 Å². The molecule has 0 aromatic carbocycles. The van der Waals surface area contributed by atoms with Crippen molar-refractivity contribution in [2.45, 2.75) is 124 Å². The minimum atomic E-state index is -0.517. The van der Waals surface area contributed by atoms with Gasteiger partial charge >= 0.3 is 11.9 Å². The molecule has 1 unspecified atom stereocenters. The maximum atomic E-state index is 12.8. The number of ether oxygens (including phenoxy) is 2. The van der Waals surface area contributed by atoms with E-state index in [0.29, 0.717) is 11.5 Å². The van der Waals surface area contributed by atoms with E-state index >= 15 is 0 Å². The summed E-state index contributed by atoms with van der Waals surface area (Å²) in [6.07, 6.45) is 19.2. The highest BCUT2D eigenvalue weighted by atomic mass is 16.5. The molecule has 2 saturated carbocycles. The van der Waals surface area contributed by atoms with E-state index in [2.05, 4.69) is 27.0 Å². The van der Waals surface area contributed by atoms with Gasteiger partial charge in [0.25, 0.3) is 0 Å². The molecular weight excluding hydrogens is 516 g/mol. The first kappa shape index (κ1) is 35.5. The summed E-state index contributed by atoms with van der Waals surface area (Å²) in [6.45, 7) is 13.5. The predicted molar refractivity (Wildman–Crippen MR) is 165 cm³/mol. The predicted octanol–water partition coefficient (Wildman–Crippen LogP) is 7.57. The number of rotatable bonds is 19. The Bertz CT molecular complexity index is 801. The normalized spacial score (nSPS) is 24.4. The van der Waals surface area contributed by atoms with Gasteiger partial charge in [-0.3, -0.25) is 0 Å². The molecule has 0 heterocycles. The number of unbranched alkanes of at least 4 members (excludes halogenated alkanes) is 4. The highest BCUT2D eigenvalue weighted by Gasteiger charge is 2.43. The van der Waals surface area contributed by atoms with Crippen molar-refractivity contribution in [1.82, 2.24) is 0 Å². The average molecular weight is 577 g/mol. The van der Waals surface area contributed by atoms with Crippen LogP contribution in [0.3, 0.4) is 0 Å². The van der Waals surface area contributed by atoms with E-state index in [1.54, 1.807) is 6.92 Å². The van der Waals surface area contributed by atoms with Gasteiger partial charge in [0.1, 0.15) is 13.2 Å². The molecule has 41 heavy (non-hydrogen) atoms. The van der Waals surface area contributed by atoms with Crippen molar-refractivity contribution >= 4 is 11.9 Å². The molecule has 0 aromatic rings. The molecule has 0 spiro atoms. The molecule has 2 aliphatic rings. The minimum absolute atomic E-state index is 0.159. The third-order valence-electron chi connectivity index (χ3n) is 10.3. The molecule has 2 aliphatic carbocycles. The van der Waals surface area contributed by atoms with Gasteiger partial charge in [0.05, 0.1) is 0 Å². The summed E-state index contributed by atoms with van der Waals surface area (Å²) in [5, 5.41) is 18.7. The fourth-order valence-corrected chi connectivity index (χ4v) is 7.22. The van der Waals surface area contributed by atoms with Crippen molar-refractivity contribution in [3.05, 3.63) is 24.3 Å². The number of esters is 2. The van der Waals surface area contributed by atoms with Crippen LogP contribution in [0.5, 0.6) is 0 Å². The number of hydrogen-bond acceptors (Lipinski definition) is 6. The van der Waals surface area contributed by atoms with Crippen LogP contribution in [0.1, 0.15) is 124 Å². The number of carbonyl (C=O) groups excluding carboxylic acids is 2. The average Bonchev–Trinajstić information content (AvgIpc) is 3.00. The molecule has 236 valence electrons. The van der Waals surface area contributed by atoms with Crippen molar-refractivity contribution in [3.63, 3.8) is 0 Å². The Morgan fingerprint density at radius 3 is 1.85 bits per heavy atom. The van der Waals surface area contributed by atoms with Crippen molar-refractivity contribution < 1.29 is 29.3 Å². The molecular formula is C35H60O6. The Balaban J connectivity index is 1.94. The van der Waals surface area contributed by atoms with E-state index in [9.17, 15) is 19.8 Å². The lowest BCUT2D eigenvalue weighted by Gasteiger charge is -2.45. The standard InChI is InChI=1S/C35H60O6/c1-6-8-9-10-11-12-28-13-15-30(16-14-28)31-17-19-32(20-18-31)35(7-2,24-40-33(38)26(3)4)25-41-34(39)27(5)21-29(22-36)23-37/h28-32,36-37H,3,5-25H2,1-2,4H3. The van der Waals surface area contributed by atoms with Crippen LogP contribution in [0, 0.1) is 35.0 Å². The SMILES string of the molecule is C=C(C)C(=O)OCC(CC)(COC(=O)C(=C)CC(CO)CO)C1CCC(C2CCC(CCCCCCC)CC2)CC1. The summed E-state index contributed by atoms with van der Waals surface area (Å²) >= 11 is 0. The first-order valence-electron chi connectivity index (χ1n) is 16.6.